The molecule has 0 aromatic carbocycles. The zero-order valence-corrected chi connectivity index (χ0v) is 14.4. The number of aromatic nitrogens is 5. The highest BCUT2D eigenvalue weighted by atomic mass is 16.2. The van der Waals surface area contributed by atoms with Crippen LogP contribution in [0.25, 0.3) is 5.65 Å². The van der Waals surface area contributed by atoms with E-state index in [4.69, 9.17) is 0 Å². The zero-order chi connectivity index (χ0) is 17.4. The van der Waals surface area contributed by atoms with Gasteiger partial charge in [-0.25, -0.2) is 9.50 Å². The first kappa shape index (κ1) is 15.6. The van der Waals surface area contributed by atoms with Gasteiger partial charge in [-0.05, 0) is 25.0 Å². The summed E-state index contributed by atoms with van der Waals surface area (Å²) in [4.78, 5) is 21.3. The lowest BCUT2D eigenvalue weighted by atomic mass is 10.0. The number of carbonyl (C=O) groups excluding carboxylic acids is 1. The van der Waals surface area contributed by atoms with Gasteiger partial charge in [-0.3, -0.25) is 9.48 Å². The predicted octanol–water partition coefficient (Wildman–Crippen LogP) is 1.20. The van der Waals surface area contributed by atoms with E-state index in [2.05, 4.69) is 20.1 Å². The molecule has 1 aliphatic heterocycles. The third-order valence-electron chi connectivity index (χ3n) is 4.83. The molecule has 4 heterocycles. The first-order valence-corrected chi connectivity index (χ1v) is 8.44. The lowest BCUT2D eigenvalue weighted by Gasteiger charge is -2.37. The molecular formula is C17H21N7O. The summed E-state index contributed by atoms with van der Waals surface area (Å²) in [5, 5.41) is 8.38. The van der Waals surface area contributed by atoms with Gasteiger partial charge >= 0.3 is 0 Å². The summed E-state index contributed by atoms with van der Waals surface area (Å²) in [6.45, 7) is 1.75. The van der Waals surface area contributed by atoms with E-state index in [0.717, 1.165) is 37.4 Å². The highest BCUT2D eigenvalue weighted by Gasteiger charge is 2.27. The van der Waals surface area contributed by atoms with E-state index >= 15 is 0 Å². The van der Waals surface area contributed by atoms with Crippen LogP contribution in [-0.4, -0.2) is 61.4 Å². The number of amides is 1. The number of aryl methyl sites for hydroxylation is 1. The lowest BCUT2D eigenvalue weighted by Crippen LogP contribution is -2.46. The highest BCUT2D eigenvalue weighted by Crippen LogP contribution is 2.21. The van der Waals surface area contributed by atoms with E-state index < -0.39 is 0 Å². The predicted molar refractivity (Wildman–Crippen MR) is 93.5 cm³/mol. The average Bonchev–Trinajstić information content (AvgIpc) is 3.28. The van der Waals surface area contributed by atoms with Crippen molar-refractivity contribution in [3.05, 3.63) is 42.5 Å². The van der Waals surface area contributed by atoms with Gasteiger partial charge in [-0.2, -0.15) is 10.2 Å². The molecule has 8 nitrogen and oxygen atoms in total. The van der Waals surface area contributed by atoms with Crippen molar-refractivity contribution in [2.75, 3.05) is 25.0 Å². The van der Waals surface area contributed by atoms with Crippen molar-refractivity contribution < 1.29 is 4.79 Å². The third kappa shape index (κ3) is 2.95. The molecule has 1 amide bonds. The lowest BCUT2D eigenvalue weighted by molar-refractivity contribution is 0.0702. The molecule has 8 heteroatoms. The molecule has 1 fully saturated rings. The topological polar surface area (TPSA) is 71.6 Å². The van der Waals surface area contributed by atoms with Crippen LogP contribution < -0.4 is 4.90 Å². The number of rotatable bonds is 3. The van der Waals surface area contributed by atoms with Crippen LogP contribution in [-0.2, 0) is 7.05 Å². The zero-order valence-electron chi connectivity index (χ0n) is 14.4. The Morgan fingerprint density at radius 3 is 2.72 bits per heavy atom. The van der Waals surface area contributed by atoms with E-state index in [1.807, 2.05) is 37.3 Å². The standard InChI is InChI=1S/C17H21N7O/c1-21-9-6-14(20-21)17(25)22(2)13-4-10-23(11-5-13)15-7-12-24-16(19-15)3-8-18-24/h3,6-9,12-13H,4-5,10-11H2,1-2H3. The Hall–Kier alpha value is -2.90. The number of hydrogen-bond donors (Lipinski definition) is 0. The summed E-state index contributed by atoms with van der Waals surface area (Å²) in [6, 6.07) is 5.88. The van der Waals surface area contributed by atoms with Crippen LogP contribution in [0, 0.1) is 0 Å². The molecule has 0 N–H and O–H groups in total. The Bertz CT molecular complexity index is 891. The summed E-state index contributed by atoms with van der Waals surface area (Å²) in [5.41, 5.74) is 1.35. The molecule has 25 heavy (non-hydrogen) atoms. The number of fused-ring (bicyclic) bond motifs is 1. The van der Waals surface area contributed by atoms with Gasteiger partial charge in [-0.15, -0.1) is 0 Å². The van der Waals surface area contributed by atoms with Crippen LogP contribution in [0.5, 0.6) is 0 Å². The van der Waals surface area contributed by atoms with Gasteiger partial charge in [0.15, 0.2) is 5.65 Å². The molecule has 0 saturated carbocycles. The SMILES string of the molecule is CN(C(=O)c1ccn(C)n1)C1CCN(c2ccn3nccc3n2)CC1. The molecule has 130 valence electrons. The van der Waals surface area contributed by atoms with Gasteiger partial charge in [0.1, 0.15) is 11.5 Å². The van der Waals surface area contributed by atoms with Crippen molar-refractivity contribution in [2.45, 2.75) is 18.9 Å². The van der Waals surface area contributed by atoms with Gasteiger partial charge in [-0.1, -0.05) is 0 Å². The van der Waals surface area contributed by atoms with Gasteiger partial charge in [0, 0.05) is 51.7 Å². The Morgan fingerprint density at radius 2 is 2.00 bits per heavy atom. The second-order valence-electron chi connectivity index (χ2n) is 6.43. The van der Waals surface area contributed by atoms with Crippen molar-refractivity contribution in [1.82, 2.24) is 29.3 Å². The largest absolute Gasteiger partial charge is 0.356 e. The monoisotopic (exact) mass is 339 g/mol. The highest BCUT2D eigenvalue weighted by molar-refractivity contribution is 5.92. The first-order chi connectivity index (χ1) is 12.1. The summed E-state index contributed by atoms with van der Waals surface area (Å²) < 4.78 is 3.41. The summed E-state index contributed by atoms with van der Waals surface area (Å²) in [6.07, 6.45) is 7.31. The fourth-order valence-corrected chi connectivity index (χ4v) is 3.34. The van der Waals surface area contributed by atoms with Crippen LogP contribution in [0.2, 0.25) is 0 Å². The van der Waals surface area contributed by atoms with Gasteiger partial charge in [0.2, 0.25) is 0 Å². The Labute approximate surface area is 145 Å². The van der Waals surface area contributed by atoms with E-state index in [9.17, 15) is 4.79 Å². The third-order valence-corrected chi connectivity index (χ3v) is 4.83. The maximum atomic E-state index is 12.5. The van der Waals surface area contributed by atoms with Crippen LogP contribution >= 0.6 is 0 Å². The number of piperidine rings is 1. The fraction of sp³-hybridized carbons (Fsp3) is 0.412. The minimum absolute atomic E-state index is 0.0159. The molecule has 0 spiro atoms. The van der Waals surface area contributed by atoms with Crippen LogP contribution in [0.4, 0.5) is 5.82 Å². The van der Waals surface area contributed by atoms with Gasteiger partial charge < -0.3 is 9.80 Å². The number of carbonyl (C=O) groups is 1. The minimum atomic E-state index is -0.0159. The van der Waals surface area contributed by atoms with E-state index in [1.54, 1.807) is 27.7 Å². The molecular weight excluding hydrogens is 318 g/mol. The van der Waals surface area contributed by atoms with Gasteiger partial charge in [0.05, 0.1) is 6.20 Å². The Balaban J connectivity index is 1.41. The minimum Gasteiger partial charge on any atom is -0.356 e. The molecule has 0 radical (unpaired) electrons. The smallest absolute Gasteiger partial charge is 0.274 e. The second-order valence-corrected chi connectivity index (χ2v) is 6.43. The summed E-state index contributed by atoms with van der Waals surface area (Å²) in [5.74, 6) is 0.947. The molecule has 0 atom stereocenters. The number of nitrogens with zero attached hydrogens (tertiary/aromatic N) is 7. The second kappa shape index (κ2) is 6.19. The van der Waals surface area contributed by atoms with Crippen LogP contribution in [0.15, 0.2) is 36.8 Å². The molecule has 0 unspecified atom stereocenters. The van der Waals surface area contributed by atoms with Crippen molar-refractivity contribution in [3.63, 3.8) is 0 Å². The maximum absolute atomic E-state index is 12.5. The summed E-state index contributed by atoms with van der Waals surface area (Å²) >= 11 is 0. The van der Waals surface area contributed by atoms with E-state index in [1.165, 1.54) is 0 Å². The first-order valence-electron chi connectivity index (χ1n) is 8.44. The molecule has 3 aromatic heterocycles. The van der Waals surface area contributed by atoms with Crippen LogP contribution in [0.3, 0.4) is 0 Å². The van der Waals surface area contributed by atoms with Crippen molar-refractivity contribution in [1.29, 1.82) is 0 Å². The summed E-state index contributed by atoms with van der Waals surface area (Å²) in [7, 11) is 3.69. The van der Waals surface area contributed by atoms with Crippen molar-refractivity contribution >= 4 is 17.4 Å². The molecule has 1 aliphatic rings. The van der Waals surface area contributed by atoms with E-state index in [0.29, 0.717) is 5.69 Å². The average molecular weight is 339 g/mol. The number of hydrogen-bond acceptors (Lipinski definition) is 5. The molecule has 0 bridgehead atoms. The van der Waals surface area contributed by atoms with E-state index in [-0.39, 0.29) is 11.9 Å². The fourth-order valence-electron chi connectivity index (χ4n) is 3.34. The quantitative estimate of drug-likeness (QED) is 0.717. The normalized spacial score (nSPS) is 15.7. The van der Waals surface area contributed by atoms with Crippen LogP contribution in [0.1, 0.15) is 23.3 Å². The Kier molecular flexibility index (Phi) is 3.87. The number of anilines is 1. The molecule has 1 saturated heterocycles. The molecule has 3 aromatic rings. The Morgan fingerprint density at radius 1 is 1.20 bits per heavy atom. The van der Waals surface area contributed by atoms with Crippen molar-refractivity contribution in [2.24, 2.45) is 7.05 Å². The molecule has 0 aliphatic carbocycles. The molecule has 4 rings (SSSR count). The van der Waals surface area contributed by atoms with Crippen molar-refractivity contribution in [3.8, 4) is 0 Å². The van der Waals surface area contributed by atoms with Gasteiger partial charge in [0.25, 0.3) is 5.91 Å². The maximum Gasteiger partial charge on any atom is 0.274 e.